The number of aromatic hydroxyl groups is 5. The fourth-order valence-corrected chi connectivity index (χ4v) is 2.38. The van der Waals surface area contributed by atoms with Crippen molar-refractivity contribution in [3.8, 4) is 28.7 Å². The van der Waals surface area contributed by atoms with Crippen molar-refractivity contribution in [1.82, 2.24) is 0 Å². The van der Waals surface area contributed by atoms with Gasteiger partial charge in [0.05, 0.1) is 19.3 Å². The van der Waals surface area contributed by atoms with Crippen LogP contribution in [0.3, 0.4) is 0 Å². The SMILES string of the molecule is CC(=O)CC(=O)C(=O)O.CC(=O)CC(=O)CC(=O)C(=O)O.CC(=O)O.Cc1cc(O)cc(O)c1.Cc1cc(O)cc(O)c1O. The molecule has 0 spiro atoms. The molecule has 242 valence electrons. The Morgan fingerprint density at radius 1 is 0.545 bits per heavy atom. The minimum absolute atomic E-state index is 0.0483. The zero-order chi connectivity index (χ0) is 35.3. The maximum Gasteiger partial charge on any atom is 0.372 e. The molecule has 2 rings (SSSR count). The van der Waals surface area contributed by atoms with Crippen LogP contribution in [0.1, 0.15) is 51.2 Å². The summed E-state index contributed by atoms with van der Waals surface area (Å²) in [5, 5.41) is 67.8. The standard InChI is InChI=1S/C7H8O5.C7H8O3.C7H8O2.C5H6O4.C2H4O2/c1-4(8)2-5(9)3-6(10)7(11)12;1-4-2-5(8)3-6(9)7(4)10;1-5-2-6(8)4-7(9)3-5;1-3(6)2-4(7)5(8)9;1-2(3)4/h2-3H2,1H3,(H,11,12);2-3,8-10H,1H3;2-4,8-9H,1H3;2H2,1H3,(H,8,9);1H3,(H,3,4). The van der Waals surface area contributed by atoms with Crippen molar-refractivity contribution in [1.29, 1.82) is 0 Å². The highest BCUT2D eigenvalue weighted by Gasteiger charge is 2.17. The van der Waals surface area contributed by atoms with Gasteiger partial charge in [0.25, 0.3) is 5.97 Å². The fourth-order valence-electron chi connectivity index (χ4n) is 2.38. The molecule has 0 aliphatic carbocycles. The molecule has 2 aromatic carbocycles. The molecule has 2 aromatic rings. The lowest BCUT2D eigenvalue weighted by Crippen LogP contribution is -2.18. The number of ketones is 5. The van der Waals surface area contributed by atoms with Crippen LogP contribution >= 0.6 is 0 Å². The number of hydrogen-bond acceptors (Lipinski definition) is 13. The van der Waals surface area contributed by atoms with Gasteiger partial charge in [0.15, 0.2) is 11.5 Å². The van der Waals surface area contributed by atoms with E-state index in [1.807, 2.05) is 0 Å². The van der Waals surface area contributed by atoms with Gasteiger partial charge in [0, 0.05) is 19.1 Å². The molecule has 0 aromatic heterocycles. The molecule has 16 heteroatoms. The molecule has 0 saturated heterocycles. The molecule has 0 aliphatic heterocycles. The Labute approximate surface area is 250 Å². The highest BCUT2D eigenvalue weighted by molar-refractivity contribution is 6.37. The number of carbonyl (C=O) groups excluding carboxylic acids is 5. The van der Waals surface area contributed by atoms with Crippen LogP contribution in [0.2, 0.25) is 0 Å². The quantitative estimate of drug-likeness (QED) is 0.0896. The van der Waals surface area contributed by atoms with Crippen LogP contribution in [-0.4, -0.2) is 87.7 Å². The Morgan fingerprint density at radius 2 is 0.909 bits per heavy atom. The smallest absolute Gasteiger partial charge is 0.372 e. The summed E-state index contributed by atoms with van der Waals surface area (Å²) in [6.07, 6.45) is -1.58. The van der Waals surface area contributed by atoms with Crippen molar-refractivity contribution < 1.29 is 79.2 Å². The van der Waals surface area contributed by atoms with Crippen LogP contribution in [0.15, 0.2) is 30.3 Å². The molecule has 0 aliphatic rings. The van der Waals surface area contributed by atoms with Crippen LogP contribution in [0, 0.1) is 13.8 Å². The molecule has 0 heterocycles. The van der Waals surface area contributed by atoms with E-state index in [1.54, 1.807) is 26.0 Å². The van der Waals surface area contributed by atoms with Crippen LogP contribution in [0.4, 0.5) is 0 Å². The van der Waals surface area contributed by atoms with Crippen LogP contribution in [0.5, 0.6) is 28.7 Å². The number of benzene rings is 2. The van der Waals surface area contributed by atoms with E-state index in [0.717, 1.165) is 18.6 Å². The van der Waals surface area contributed by atoms with E-state index < -0.39 is 53.9 Å². The molecule has 0 amide bonds. The summed E-state index contributed by atoms with van der Waals surface area (Å²) in [6.45, 7) is 6.85. The van der Waals surface area contributed by atoms with E-state index in [1.165, 1.54) is 26.0 Å². The summed E-state index contributed by atoms with van der Waals surface area (Å²) < 4.78 is 0. The molecule has 0 unspecified atom stereocenters. The summed E-state index contributed by atoms with van der Waals surface area (Å²) in [5.74, 6) is -8.04. The number of phenols is 5. The van der Waals surface area contributed by atoms with Gasteiger partial charge >= 0.3 is 11.9 Å². The van der Waals surface area contributed by atoms with E-state index in [-0.39, 0.29) is 41.0 Å². The second kappa shape index (κ2) is 21.9. The fraction of sp³-hybridized carbons (Fsp3) is 0.286. The van der Waals surface area contributed by atoms with Gasteiger partial charge in [-0.25, -0.2) is 9.59 Å². The third kappa shape index (κ3) is 25.2. The van der Waals surface area contributed by atoms with Gasteiger partial charge in [-0.3, -0.25) is 28.8 Å². The number of carbonyl (C=O) groups is 8. The van der Waals surface area contributed by atoms with Crippen LogP contribution in [-0.2, 0) is 38.4 Å². The number of phenolic OH excluding ortho intramolecular Hbond substituents is 5. The summed E-state index contributed by atoms with van der Waals surface area (Å²) in [5.41, 5.74) is 1.31. The Bertz CT molecular complexity index is 1280. The van der Waals surface area contributed by atoms with Crippen molar-refractivity contribution in [3.63, 3.8) is 0 Å². The summed E-state index contributed by atoms with van der Waals surface area (Å²) in [7, 11) is 0. The van der Waals surface area contributed by atoms with E-state index in [2.05, 4.69) is 0 Å². The van der Waals surface area contributed by atoms with Gasteiger partial charge in [-0.1, -0.05) is 0 Å². The van der Waals surface area contributed by atoms with Gasteiger partial charge in [-0.05, 0) is 57.0 Å². The number of aryl methyl sites for hydroxylation is 2. The molecular weight excluding hydrogens is 592 g/mol. The predicted molar refractivity (Wildman–Crippen MR) is 149 cm³/mol. The number of carboxylic acid groups (broad SMARTS) is 3. The minimum Gasteiger partial charge on any atom is -0.508 e. The van der Waals surface area contributed by atoms with E-state index in [4.69, 9.17) is 45.6 Å². The number of Topliss-reactive ketones (excluding diaryl/α,β-unsaturated/α-hetero) is 5. The van der Waals surface area contributed by atoms with Gasteiger partial charge in [0.1, 0.15) is 34.6 Å². The largest absolute Gasteiger partial charge is 0.508 e. The zero-order valence-corrected chi connectivity index (χ0v) is 24.4. The molecule has 44 heavy (non-hydrogen) atoms. The maximum atomic E-state index is 10.7. The first-order valence-electron chi connectivity index (χ1n) is 11.9. The highest BCUT2D eigenvalue weighted by Crippen LogP contribution is 2.32. The van der Waals surface area contributed by atoms with Gasteiger partial charge in [-0.15, -0.1) is 0 Å². The van der Waals surface area contributed by atoms with E-state index >= 15 is 0 Å². The Balaban J connectivity index is -0.000000491. The van der Waals surface area contributed by atoms with E-state index in [0.29, 0.717) is 5.56 Å². The van der Waals surface area contributed by atoms with Crippen LogP contribution < -0.4 is 0 Å². The molecule has 0 saturated carbocycles. The van der Waals surface area contributed by atoms with Gasteiger partial charge < -0.3 is 40.9 Å². The molecule has 0 bridgehead atoms. The average molecular weight is 627 g/mol. The van der Waals surface area contributed by atoms with E-state index in [9.17, 15) is 33.6 Å². The predicted octanol–water partition coefficient (Wildman–Crippen LogP) is 1.81. The molecule has 8 N–H and O–H groups in total. The second-order valence-electron chi connectivity index (χ2n) is 8.61. The second-order valence-corrected chi connectivity index (χ2v) is 8.61. The van der Waals surface area contributed by atoms with Crippen molar-refractivity contribution in [2.45, 2.75) is 53.9 Å². The average Bonchev–Trinajstić information content (AvgIpc) is 2.81. The topological polar surface area (TPSA) is 298 Å². The molecular formula is C28H34O16. The number of carboxylic acids is 3. The minimum atomic E-state index is -1.65. The third-order valence-electron chi connectivity index (χ3n) is 4.00. The molecule has 16 nitrogen and oxygen atoms in total. The summed E-state index contributed by atoms with van der Waals surface area (Å²) in [4.78, 5) is 80.3. The normalized spacial score (nSPS) is 8.93. The van der Waals surface area contributed by atoms with Crippen molar-refractivity contribution in [2.24, 2.45) is 0 Å². The lowest BCUT2D eigenvalue weighted by molar-refractivity contribution is -0.150. The molecule has 0 atom stereocenters. The maximum absolute atomic E-state index is 10.7. The van der Waals surface area contributed by atoms with Crippen LogP contribution in [0.25, 0.3) is 0 Å². The van der Waals surface area contributed by atoms with Crippen molar-refractivity contribution in [3.05, 3.63) is 41.5 Å². The Kier molecular flexibility index (Phi) is 21.2. The first-order valence-corrected chi connectivity index (χ1v) is 11.9. The van der Waals surface area contributed by atoms with Crippen molar-refractivity contribution >= 4 is 46.8 Å². The Hall–Kier alpha value is -5.80. The monoisotopic (exact) mass is 626 g/mol. The summed E-state index contributed by atoms with van der Waals surface area (Å²) in [6, 6.07) is 6.92. The van der Waals surface area contributed by atoms with Gasteiger partial charge in [0.2, 0.25) is 11.6 Å². The Morgan fingerprint density at radius 3 is 1.20 bits per heavy atom. The number of hydrogen-bond donors (Lipinski definition) is 8. The zero-order valence-electron chi connectivity index (χ0n) is 24.4. The van der Waals surface area contributed by atoms with Crippen molar-refractivity contribution in [2.75, 3.05) is 0 Å². The highest BCUT2D eigenvalue weighted by atomic mass is 16.4. The first-order chi connectivity index (χ1) is 20.0. The van der Waals surface area contributed by atoms with Gasteiger partial charge in [-0.2, -0.15) is 0 Å². The number of rotatable bonds is 8. The summed E-state index contributed by atoms with van der Waals surface area (Å²) >= 11 is 0. The molecule has 0 fully saturated rings. The lowest BCUT2D eigenvalue weighted by Gasteiger charge is -2.00. The first kappa shape index (κ1) is 42.7. The number of aliphatic carboxylic acids is 3. The third-order valence-corrected chi connectivity index (χ3v) is 4.00. The lowest BCUT2D eigenvalue weighted by atomic mass is 10.1. The molecule has 0 radical (unpaired) electrons.